The Morgan fingerprint density at radius 3 is 2.31 bits per heavy atom. The molecule has 7 nitrogen and oxygen atoms in total. The quantitative estimate of drug-likeness (QED) is 0.340. The van der Waals surface area contributed by atoms with Gasteiger partial charge in [0.25, 0.3) is 0 Å². The molecule has 0 aliphatic carbocycles. The van der Waals surface area contributed by atoms with Crippen LogP contribution in [0.3, 0.4) is 0 Å². The zero-order chi connectivity index (χ0) is 23.3. The minimum atomic E-state index is -1.13. The summed E-state index contributed by atoms with van der Waals surface area (Å²) in [5.74, 6) is -3.12. The first-order valence-electron chi connectivity index (χ1n) is 9.89. The van der Waals surface area contributed by atoms with Crippen LogP contribution in [0.4, 0.5) is 10.1 Å². The topological polar surface area (TPSA) is 90.0 Å². The molecule has 32 heavy (non-hydrogen) atoms. The van der Waals surface area contributed by atoms with E-state index in [1.807, 2.05) is 0 Å². The molecule has 2 aromatic rings. The van der Waals surface area contributed by atoms with Gasteiger partial charge in [-0.2, -0.15) is 0 Å². The Labute approximate surface area is 189 Å². The fraction of sp³-hybridized carbons (Fsp3) is 0.304. The van der Waals surface area contributed by atoms with Crippen molar-refractivity contribution >= 4 is 40.9 Å². The van der Waals surface area contributed by atoms with Crippen LogP contribution in [0.2, 0.25) is 0 Å². The Balaban J connectivity index is 1.67. The van der Waals surface area contributed by atoms with Gasteiger partial charge in [-0.15, -0.1) is 11.6 Å². The largest absolute Gasteiger partial charge is 0.465 e. The number of esters is 2. The number of benzene rings is 2. The molecule has 1 heterocycles. The number of carbonyl (C=O) groups is 4. The van der Waals surface area contributed by atoms with Crippen LogP contribution in [0.1, 0.15) is 33.6 Å². The second kappa shape index (κ2) is 10.4. The number of hydrogen-bond acceptors (Lipinski definition) is 6. The van der Waals surface area contributed by atoms with Crippen LogP contribution in [0.5, 0.6) is 0 Å². The lowest BCUT2D eigenvalue weighted by Crippen LogP contribution is -2.32. The number of rotatable bonds is 8. The van der Waals surface area contributed by atoms with E-state index >= 15 is 0 Å². The summed E-state index contributed by atoms with van der Waals surface area (Å²) in [4.78, 5) is 50.8. The Bertz CT molecular complexity index is 1010. The summed E-state index contributed by atoms with van der Waals surface area (Å²) in [7, 11) is 1.27. The summed E-state index contributed by atoms with van der Waals surface area (Å²) in [6.07, 6.45) is -1.12. The molecule has 2 aromatic carbocycles. The van der Waals surface area contributed by atoms with E-state index < -0.39 is 35.6 Å². The van der Waals surface area contributed by atoms with Crippen molar-refractivity contribution < 1.29 is 33.0 Å². The van der Waals surface area contributed by atoms with Gasteiger partial charge in [-0.1, -0.05) is 0 Å². The van der Waals surface area contributed by atoms with Crippen LogP contribution in [-0.2, 0) is 19.1 Å². The van der Waals surface area contributed by atoms with Crippen molar-refractivity contribution in [2.45, 2.75) is 18.9 Å². The Morgan fingerprint density at radius 1 is 1.09 bits per heavy atom. The second-order valence-corrected chi connectivity index (χ2v) is 7.60. The Hall–Kier alpha value is -3.26. The first-order chi connectivity index (χ1) is 15.3. The van der Waals surface area contributed by atoms with Crippen LogP contribution in [0.15, 0.2) is 48.5 Å². The van der Waals surface area contributed by atoms with Gasteiger partial charge in [0.1, 0.15) is 5.82 Å². The van der Waals surface area contributed by atoms with E-state index in [0.29, 0.717) is 11.3 Å². The number of halogens is 2. The summed E-state index contributed by atoms with van der Waals surface area (Å²) >= 11 is 5.77. The zero-order valence-corrected chi connectivity index (χ0v) is 18.0. The summed E-state index contributed by atoms with van der Waals surface area (Å²) in [6, 6.07) is 11.1. The van der Waals surface area contributed by atoms with E-state index in [0.717, 1.165) is 12.1 Å². The molecular weight excluding hydrogens is 441 g/mol. The van der Waals surface area contributed by atoms with Crippen molar-refractivity contribution in [1.29, 1.82) is 0 Å². The predicted molar refractivity (Wildman–Crippen MR) is 114 cm³/mol. The molecule has 3 rings (SSSR count). The number of Topliss-reactive ketones (excluding diaryl/α,β-unsaturated/α-hetero) is 1. The number of ether oxygens (including phenoxy) is 2. The normalized spacial score (nSPS) is 16.5. The van der Waals surface area contributed by atoms with Crippen LogP contribution < -0.4 is 4.90 Å². The molecule has 0 radical (unpaired) electrons. The fourth-order valence-electron chi connectivity index (χ4n) is 3.39. The standard InChI is InChI=1S/C23H21ClFNO6/c1-31-22(29)15-4-8-18(9-5-15)26-13-16(12-20(26)27)23(30)32-19(10-11-24)21(28)14-2-6-17(25)7-3-14/h2-9,16,19H,10-13H2,1H3/t16-,19+/m0/s1. The van der Waals surface area contributed by atoms with E-state index in [4.69, 9.17) is 16.3 Å². The number of anilines is 1. The Kier molecular flexibility index (Phi) is 7.58. The third-order valence-corrected chi connectivity index (χ3v) is 5.33. The van der Waals surface area contributed by atoms with Crippen molar-refractivity contribution in [2.75, 3.05) is 24.4 Å². The van der Waals surface area contributed by atoms with Gasteiger partial charge in [-0.25, -0.2) is 9.18 Å². The number of alkyl halides is 1. The highest BCUT2D eigenvalue weighted by Gasteiger charge is 2.38. The Morgan fingerprint density at radius 2 is 1.72 bits per heavy atom. The summed E-state index contributed by atoms with van der Waals surface area (Å²) in [5.41, 5.74) is 1.06. The molecule has 1 saturated heterocycles. The van der Waals surface area contributed by atoms with Crippen molar-refractivity contribution in [3.8, 4) is 0 Å². The van der Waals surface area contributed by atoms with E-state index in [1.165, 1.54) is 36.3 Å². The summed E-state index contributed by atoms with van der Waals surface area (Å²) in [5, 5.41) is 0. The van der Waals surface area contributed by atoms with Crippen LogP contribution in [0.25, 0.3) is 0 Å². The number of ketones is 1. The monoisotopic (exact) mass is 461 g/mol. The lowest BCUT2D eigenvalue weighted by Gasteiger charge is -2.19. The van der Waals surface area contributed by atoms with Crippen LogP contribution >= 0.6 is 11.6 Å². The average molecular weight is 462 g/mol. The van der Waals surface area contributed by atoms with Crippen molar-refractivity contribution in [2.24, 2.45) is 5.92 Å². The maximum Gasteiger partial charge on any atom is 0.337 e. The molecular formula is C23H21ClFNO6. The smallest absolute Gasteiger partial charge is 0.337 e. The predicted octanol–water partition coefficient (Wildman–Crippen LogP) is 3.39. The minimum absolute atomic E-state index is 0.0735. The molecule has 0 saturated carbocycles. The fourth-order valence-corrected chi connectivity index (χ4v) is 3.59. The third kappa shape index (κ3) is 5.31. The molecule has 0 aromatic heterocycles. The SMILES string of the molecule is COC(=O)c1ccc(N2C[C@@H](C(=O)O[C@H](CCCl)C(=O)c3ccc(F)cc3)CC2=O)cc1. The second-order valence-electron chi connectivity index (χ2n) is 7.22. The number of methoxy groups -OCH3 is 1. The van der Waals surface area contributed by atoms with Crippen LogP contribution in [0, 0.1) is 11.7 Å². The molecule has 2 atom stereocenters. The molecule has 9 heteroatoms. The van der Waals surface area contributed by atoms with E-state index in [2.05, 4.69) is 4.74 Å². The highest BCUT2D eigenvalue weighted by atomic mass is 35.5. The molecule has 1 fully saturated rings. The van der Waals surface area contributed by atoms with E-state index in [9.17, 15) is 23.6 Å². The highest BCUT2D eigenvalue weighted by Crippen LogP contribution is 2.27. The van der Waals surface area contributed by atoms with Gasteiger partial charge in [0.2, 0.25) is 11.7 Å². The molecule has 1 aliphatic rings. The molecule has 1 aliphatic heterocycles. The maximum atomic E-state index is 13.1. The van der Waals surface area contributed by atoms with Gasteiger partial charge >= 0.3 is 11.9 Å². The zero-order valence-electron chi connectivity index (χ0n) is 17.3. The third-order valence-electron chi connectivity index (χ3n) is 5.11. The summed E-state index contributed by atoms with van der Waals surface area (Å²) in [6.45, 7) is 0.0770. The molecule has 1 amide bonds. The summed E-state index contributed by atoms with van der Waals surface area (Å²) < 4.78 is 23.2. The minimum Gasteiger partial charge on any atom is -0.465 e. The molecule has 0 spiro atoms. The average Bonchev–Trinajstić information content (AvgIpc) is 3.20. The first kappa shape index (κ1) is 23.4. The van der Waals surface area contributed by atoms with Gasteiger partial charge < -0.3 is 14.4 Å². The molecule has 0 bridgehead atoms. The van der Waals surface area contributed by atoms with Gasteiger partial charge in [0, 0.05) is 36.5 Å². The van der Waals surface area contributed by atoms with Crippen molar-refractivity contribution in [3.63, 3.8) is 0 Å². The van der Waals surface area contributed by atoms with Crippen LogP contribution in [-0.4, -0.2) is 49.3 Å². The lowest BCUT2D eigenvalue weighted by molar-refractivity contribution is -0.151. The first-order valence-corrected chi connectivity index (χ1v) is 10.4. The van der Waals surface area contributed by atoms with Gasteiger partial charge in [0.05, 0.1) is 18.6 Å². The number of nitrogens with zero attached hydrogens (tertiary/aromatic N) is 1. The number of hydrogen-bond donors (Lipinski definition) is 0. The number of amides is 1. The molecule has 0 N–H and O–H groups in total. The number of carbonyl (C=O) groups excluding carboxylic acids is 4. The van der Waals surface area contributed by atoms with E-state index in [-0.39, 0.29) is 36.7 Å². The molecule has 0 unspecified atom stereocenters. The van der Waals surface area contributed by atoms with Gasteiger partial charge in [-0.05, 0) is 48.5 Å². The van der Waals surface area contributed by atoms with Crippen molar-refractivity contribution in [3.05, 3.63) is 65.5 Å². The maximum absolute atomic E-state index is 13.1. The van der Waals surface area contributed by atoms with Crippen molar-refractivity contribution in [1.82, 2.24) is 0 Å². The molecule has 168 valence electrons. The van der Waals surface area contributed by atoms with Gasteiger partial charge in [-0.3, -0.25) is 14.4 Å². The highest BCUT2D eigenvalue weighted by molar-refractivity contribution is 6.18. The van der Waals surface area contributed by atoms with E-state index in [1.54, 1.807) is 12.1 Å². The lowest BCUT2D eigenvalue weighted by atomic mass is 10.0. The van der Waals surface area contributed by atoms with Gasteiger partial charge in [0.15, 0.2) is 6.10 Å².